The number of piperidine rings is 1. The fraction of sp³-hybridized carbons (Fsp3) is 0.381. The summed E-state index contributed by atoms with van der Waals surface area (Å²) in [6.07, 6.45) is 2.21. The molecule has 3 rings (SSSR count). The van der Waals surface area contributed by atoms with Crippen LogP contribution in [-0.4, -0.2) is 30.6 Å². The van der Waals surface area contributed by atoms with Crippen LogP contribution in [0.1, 0.15) is 30.9 Å². The van der Waals surface area contributed by atoms with Gasteiger partial charge in [0.25, 0.3) is 0 Å². The van der Waals surface area contributed by atoms with E-state index in [4.69, 9.17) is 21.6 Å². The summed E-state index contributed by atoms with van der Waals surface area (Å²) in [6.45, 7) is 5.62. The molecule has 1 heterocycles. The third-order valence-corrected chi connectivity index (χ3v) is 4.99. The van der Waals surface area contributed by atoms with E-state index >= 15 is 0 Å². The number of nitrogens with one attached hydrogen (secondary N) is 1. The predicted octanol–water partition coefficient (Wildman–Crippen LogP) is 4.69. The van der Waals surface area contributed by atoms with Gasteiger partial charge in [-0.15, -0.1) is 0 Å². The van der Waals surface area contributed by atoms with Crippen molar-refractivity contribution in [2.75, 3.05) is 25.0 Å². The van der Waals surface area contributed by atoms with Crippen LogP contribution in [0.3, 0.4) is 0 Å². The number of benzene rings is 2. The van der Waals surface area contributed by atoms with Crippen molar-refractivity contribution in [2.24, 2.45) is 0 Å². The van der Waals surface area contributed by atoms with Crippen LogP contribution in [0.2, 0.25) is 5.02 Å². The zero-order valence-electron chi connectivity index (χ0n) is 15.0. The molecule has 1 N–H and O–H groups in total. The molecule has 1 aliphatic heterocycles. The van der Waals surface area contributed by atoms with Gasteiger partial charge < -0.3 is 10.1 Å². The number of likely N-dealkylation sites (tertiary alicyclic amines) is 1. The van der Waals surface area contributed by atoms with E-state index in [1.807, 2.05) is 43.3 Å². The van der Waals surface area contributed by atoms with Gasteiger partial charge in [0.2, 0.25) is 0 Å². The molecular weight excluding hydrogens is 346 g/mol. The lowest BCUT2D eigenvalue weighted by molar-refractivity contribution is 0.211. The molecule has 26 heavy (non-hydrogen) atoms. The van der Waals surface area contributed by atoms with Gasteiger partial charge in [-0.1, -0.05) is 17.7 Å². The summed E-state index contributed by atoms with van der Waals surface area (Å²) in [5.41, 5.74) is 3.01. The van der Waals surface area contributed by atoms with E-state index in [0.29, 0.717) is 23.2 Å². The zero-order valence-corrected chi connectivity index (χ0v) is 15.8. The van der Waals surface area contributed by atoms with Crippen LogP contribution >= 0.6 is 11.6 Å². The second-order valence-corrected chi connectivity index (χ2v) is 6.99. The van der Waals surface area contributed by atoms with E-state index in [1.165, 1.54) is 5.56 Å². The van der Waals surface area contributed by atoms with Gasteiger partial charge in [-0.05, 0) is 61.7 Å². The van der Waals surface area contributed by atoms with Gasteiger partial charge in [0.05, 0.1) is 23.3 Å². The number of nitrogens with zero attached hydrogens (tertiary/aromatic N) is 2. The molecule has 0 spiro atoms. The van der Waals surface area contributed by atoms with Crippen LogP contribution in [0, 0.1) is 11.3 Å². The smallest absolute Gasteiger partial charge is 0.138 e. The second-order valence-electron chi connectivity index (χ2n) is 6.58. The standard InChI is InChI=1S/C21H24ClN3O/c1-2-26-21-13-17(5-8-20(21)22)15-25-11-9-19(10-12-25)24-18-6-3-16(14-23)4-7-18/h3-8,13,19,24H,2,9-12,15H2,1H3. The molecule has 0 aliphatic carbocycles. The van der Waals surface area contributed by atoms with Crippen molar-refractivity contribution in [3.63, 3.8) is 0 Å². The Labute approximate surface area is 160 Å². The van der Waals surface area contributed by atoms with Gasteiger partial charge >= 0.3 is 0 Å². The minimum absolute atomic E-state index is 0.475. The van der Waals surface area contributed by atoms with Gasteiger partial charge in [-0.3, -0.25) is 4.90 Å². The lowest BCUT2D eigenvalue weighted by atomic mass is 10.0. The Morgan fingerprint density at radius 1 is 1.19 bits per heavy atom. The first kappa shape index (κ1) is 18.6. The number of halogens is 1. The third kappa shape index (κ3) is 4.91. The summed E-state index contributed by atoms with van der Waals surface area (Å²) in [5.74, 6) is 0.768. The van der Waals surface area contributed by atoms with Crippen LogP contribution in [0.15, 0.2) is 42.5 Å². The Balaban J connectivity index is 1.50. The summed E-state index contributed by atoms with van der Waals surface area (Å²) in [4.78, 5) is 2.47. The molecule has 1 saturated heterocycles. The minimum Gasteiger partial charge on any atom is -0.492 e. The van der Waals surface area contributed by atoms with E-state index < -0.39 is 0 Å². The molecule has 1 aliphatic rings. The fourth-order valence-electron chi connectivity index (χ4n) is 3.28. The SMILES string of the molecule is CCOc1cc(CN2CCC(Nc3ccc(C#N)cc3)CC2)ccc1Cl. The molecule has 2 aromatic carbocycles. The highest BCUT2D eigenvalue weighted by molar-refractivity contribution is 6.32. The maximum absolute atomic E-state index is 8.87. The highest BCUT2D eigenvalue weighted by atomic mass is 35.5. The van der Waals surface area contributed by atoms with Crippen molar-refractivity contribution in [3.05, 3.63) is 58.6 Å². The highest BCUT2D eigenvalue weighted by Gasteiger charge is 2.19. The summed E-state index contributed by atoms with van der Waals surface area (Å²) < 4.78 is 5.59. The topological polar surface area (TPSA) is 48.3 Å². The second kappa shape index (κ2) is 8.93. The molecule has 4 nitrogen and oxygen atoms in total. The maximum Gasteiger partial charge on any atom is 0.138 e. The molecule has 0 radical (unpaired) electrons. The molecule has 0 saturated carbocycles. The molecule has 5 heteroatoms. The van der Waals surface area contributed by atoms with Crippen molar-refractivity contribution < 1.29 is 4.74 Å². The van der Waals surface area contributed by atoms with Gasteiger partial charge in [-0.2, -0.15) is 5.26 Å². The minimum atomic E-state index is 0.475. The lowest BCUT2D eigenvalue weighted by Crippen LogP contribution is -2.38. The largest absolute Gasteiger partial charge is 0.492 e. The maximum atomic E-state index is 8.87. The zero-order chi connectivity index (χ0) is 18.4. The summed E-state index contributed by atoms with van der Waals surface area (Å²) in [6, 6.07) is 16.3. The van der Waals surface area contributed by atoms with Crippen LogP contribution < -0.4 is 10.1 Å². The van der Waals surface area contributed by atoms with Gasteiger partial charge in [0.15, 0.2) is 0 Å². The number of ether oxygens (including phenoxy) is 1. The first-order chi connectivity index (χ1) is 12.7. The number of rotatable bonds is 6. The third-order valence-electron chi connectivity index (χ3n) is 4.67. The van der Waals surface area contributed by atoms with Gasteiger partial charge in [0, 0.05) is 31.4 Å². The monoisotopic (exact) mass is 369 g/mol. The molecule has 2 aromatic rings. The quantitative estimate of drug-likeness (QED) is 0.802. The van der Waals surface area contributed by atoms with Crippen LogP contribution in [0.25, 0.3) is 0 Å². The van der Waals surface area contributed by atoms with Crippen LogP contribution in [-0.2, 0) is 6.54 Å². The number of nitriles is 1. The average Bonchev–Trinajstić information content (AvgIpc) is 2.67. The summed E-state index contributed by atoms with van der Waals surface area (Å²) in [5, 5.41) is 13.1. The van der Waals surface area contributed by atoms with E-state index in [-0.39, 0.29) is 0 Å². The highest BCUT2D eigenvalue weighted by Crippen LogP contribution is 2.27. The van der Waals surface area contributed by atoms with E-state index in [9.17, 15) is 0 Å². The molecule has 136 valence electrons. The molecule has 0 aromatic heterocycles. The normalized spacial score (nSPS) is 15.4. The van der Waals surface area contributed by atoms with Crippen LogP contribution in [0.4, 0.5) is 5.69 Å². The first-order valence-corrected chi connectivity index (χ1v) is 9.46. The Bertz CT molecular complexity index is 762. The Morgan fingerprint density at radius 2 is 1.92 bits per heavy atom. The number of anilines is 1. The van der Waals surface area contributed by atoms with Crippen molar-refractivity contribution in [2.45, 2.75) is 32.4 Å². The van der Waals surface area contributed by atoms with Crippen molar-refractivity contribution >= 4 is 17.3 Å². The molecule has 0 unspecified atom stereocenters. The molecule has 0 bridgehead atoms. The van der Waals surface area contributed by atoms with Gasteiger partial charge in [0.1, 0.15) is 5.75 Å². The molecule has 0 amide bonds. The predicted molar refractivity (Wildman–Crippen MR) is 106 cm³/mol. The van der Waals surface area contributed by atoms with E-state index in [1.54, 1.807) is 0 Å². The Kier molecular flexibility index (Phi) is 6.38. The molecule has 1 fully saturated rings. The lowest BCUT2D eigenvalue weighted by Gasteiger charge is -2.33. The van der Waals surface area contributed by atoms with Crippen molar-refractivity contribution in [1.82, 2.24) is 4.90 Å². The Morgan fingerprint density at radius 3 is 2.58 bits per heavy atom. The van der Waals surface area contributed by atoms with E-state index in [0.717, 1.165) is 43.9 Å². The van der Waals surface area contributed by atoms with E-state index in [2.05, 4.69) is 22.4 Å². The number of hydrogen-bond acceptors (Lipinski definition) is 4. The Hall–Kier alpha value is -2.22. The van der Waals surface area contributed by atoms with Crippen molar-refractivity contribution in [1.29, 1.82) is 5.26 Å². The first-order valence-electron chi connectivity index (χ1n) is 9.08. The van der Waals surface area contributed by atoms with Crippen molar-refractivity contribution in [3.8, 4) is 11.8 Å². The van der Waals surface area contributed by atoms with Crippen LogP contribution in [0.5, 0.6) is 5.75 Å². The molecular formula is C21H24ClN3O. The molecule has 0 atom stereocenters. The fourth-order valence-corrected chi connectivity index (χ4v) is 3.45. The average molecular weight is 370 g/mol. The summed E-state index contributed by atoms with van der Waals surface area (Å²) in [7, 11) is 0. The van der Waals surface area contributed by atoms with Gasteiger partial charge in [-0.25, -0.2) is 0 Å². The number of hydrogen-bond donors (Lipinski definition) is 1. The summed E-state index contributed by atoms with van der Waals surface area (Å²) >= 11 is 6.17.